The molecule has 0 atom stereocenters. The van der Waals surface area contributed by atoms with Crippen molar-refractivity contribution in [2.75, 3.05) is 13.7 Å². The van der Waals surface area contributed by atoms with E-state index < -0.39 is 0 Å². The van der Waals surface area contributed by atoms with E-state index in [4.69, 9.17) is 9.47 Å². The molecule has 0 spiro atoms. The van der Waals surface area contributed by atoms with Gasteiger partial charge < -0.3 is 9.47 Å². The number of allylic oxidation sites excluding steroid dienone is 1. The summed E-state index contributed by atoms with van der Waals surface area (Å²) in [6, 6.07) is 16.5. The highest BCUT2D eigenvalue weighted by molar-refractivity contribution is 5.89. The first-order valence-electron chi connectivity index (χ1n) is 7.83. The van der Waals surface area contributed by atoms with Crippen LogP contribution in [0.4, 0.5) is 4.39 Å². The summed E-state index contributed by atoms with van der Waals surface area (Å²) >= 11 is 0. The van der Waals surface area contributed by atoms with Crippen molar-refractivity contribution in [3.8, 4) is 22.6 Å². The zero-order chi connectivity index (χ0) is 16.9. The second kappa shape index (κ2) is 7.18. The van der Waals surface area contributed by atoms with Crippen molar-refractivity contribution in [1.29, 1.82) is 0 Å². The topological polar surface area (TPSA) is 18.5 Å². The van der Waals surface area contributed by atoms with Crippen molar-refractivity contribution in [2.24, 2.45) is 0 Å². The number of ether oxygens (including phenoxy) is 2. The van der Waals surface area contributed by atoms with Crippen molar-refractivity contribution in [3.05, 3.63) is 72.6 Å². The third-order valence-corrected chi connectivity index (χ3v) is 3.91. The highest BCUT2D eigenvalue weighted by Gasteiger charge is 2.10. The van der Waals surface area contributed by atoms with Crippen molar-refractivity contribution in [2.45, 2.75) is 6.92 Å². The second-order valence-electron chi connectivity index (χ2n) is 5.42. The molecule has 3 aromatic carbocycles. The molecular formula is C21H19FO2. The fourth-order valence-corrected chi connectivity index (χ4v) is 2.59. The molecule has 2 nitrogen and oxygen atoms in total. The van der Waals surface area contributed by atoms with Gasteiger partial charge in [0.15, 0.2) is 0 Å². The quantitative estimate of drug-likeness (QED) is 0.568. The second-order valence-corrected chi connectivity index (χ2v) is 5.42. The minimum absolute atomic E-state index is 0.224. The summed E-state index contributed by atoms with van der Waals surface area (Å²) in [4.78, 5) is 0. The molecule has 0 saturated carbocycles. The molecule has 0 bridgehead atoms. The number of fused-ring (bicyclic) bond motifs is 1. The summed E-state index contributed by atoms with van der Waals surface area (Å²) in [5, 5.41) is 1.41. The van der Waals surface area contributed by atoms with Gasteiger partial charge in [-0.1, -0.05) is 36.4 Å². The molecule has 0 aliphatic rings. The minimum atomic E-state index is -0.224. The van der Waals surface area contributed by atoms with E-state index in [1.807, 2.05) is 55.5 Å². The molecule has 0 aliphatic carbocycles. The normalized spacial score (nSPS) is 11.1. The Balaban J connectivity index is 1.92. The van der Waals surface area contributed by atoms with Crippen LogP contribution in [0.2, 0.25) is 0 Å². The molecule has 0 aliphatic heterocycles. The zero-order valence-corrected chi connectivity index (χ0v) is 13.8. The van der Waals surface area contributed by atoms with E-state index in [2.05, 4.69) is 0 Å². The molecule has 0 radical (unpaired) electrons. The van der Waals surface area contributed by atoms with Crippen LogP contribution in [-0.4, -0.2) is 13.7 Å². The van der Waals surface area contributed by atoms with Gasteiger partial charge in [-0.15, -0.1) is 0 Å². The Morgan fingerprint density at radius 3 is 2.42 bits per heavy atom. The van der Waals surface area contributed by atoms with E-state index in [0.29, 0.717) is 17.6 Å². The average molecular weight is 322 g/mol. The Morgan fingerprint density at radius 1 is 0.958 bits per heavy atom. The summed E-state index contributed by atoms with van der Waals surface area (Å²) in [6.45, 7) is 2.48. The van der Waals surface area contributed by atoms with E-state index in [1.165, 1.54) is 0 Å². The molecule has 0 unspecified atom stereocenters. The van der Waals surface area contributed by atoms with Crippen molar-refractivity contribution in [3.63, 3.8) is 0 Å². The zero-order valence-electron chi connectivity index (χ0n) is 13.8. The van der Waals surface area contributed by atoms with Gasteiger partial charge in [0, 0.05) is 10.9 Å². The molecule has 0 heterocycles. The van der Waals surface area contributed by atoms with Gasteiger partial charge in [-0.05, 0) is 48.2 Å². The van der Waals surface area contributed by atoms with E-state index >= 15 is 0 Å². The lowest BCUT2D eigenvalue weighted by Crippen LogP contribution is -1.93. The van der Waals surface area contributed by atoms with Crippen LogP contribution >= 0.6 is 0 Å². The lowest BCUT2D eigenvalue weighted by Gasteiger charge is -2.09. The SMILES string of the molecule is CC=CCOc1ccc(-c2ccc3cc(OC)ccc3c2F)cc1. The smallest absolute Gasteiger partial charge is 0.138 e. The van der Waals surface area contributed by atoms with E-state index in [-0.39, 0.29) is 5.82 Å². The number of hydrogen-bond donors (Lipinski definition) is 0. The fraction of sp³-hybridized carbons (Fsp3) is 0.143. The standard InChI is InChI=1S/C21H19FO2/c1-3-4-13-24-17-8-5-15(6-9-17)19-11-7-16-14-18(23-2)10-12-20(16)21(19)22/h3-12,14H,13H2,1-2H3. The summed E-state index contributed by atoms with van der Waals surface area (Å²) < 4.78 is 25.6. The maximum Gasteiger partial charge on any atom is 0.138 e. The molecule has 0 saturated heterocycles. The Kier molecular flexibility index (Phi) is 4.80. The molecule has 3 heteroatoms. The van der Waals surface area contributed by atoms with Gasteiger partial charge in [-0.25, -0.2) is 4.39 Å². The van der Waals surface area contributed by atoms with Crippen molar-refractivity contribution in [1.82, 2.24) is 0 Å². The maximum absolute atomic E-state index is 14.9. The minimum Gasteiger partial charge on any atom is -0.497 e. The summed E-state index contributed by atoms with van der Waals surface area (Å²) in [5.74, 6) is 1.26. The maximum atomic E-state index is 14.9. The van der Waals surface area contributed by atoms with Crippen LogP contribution in [0.3, 0.4) is 0 Å². The molecule has 0 amide bonds. The molecular weight excluding hydrogens is 303 g/mol. The average Bonchev–Trinajstić information content (AvgIpc) is 2.63. The van der Waals surface area contributed by atoms with Crippen LogP contribution in [0.1, 0.15) is 6.92 Å². The Labute approximate surface area is 141 Å². The van der Waals surface area contributed by atoms with Crippen LogP contribution in [0.25, 0.3) is 21.9 Å². The van der Waals surface area contributed by atoms with Crippen LogP contribution < -0.4 is 9.47 Å². The van der Waals surface area contributed by atoms with Crippen molar-refractivity contribution < 1.29 is 13.9 Å². The van der Waals surface area contributed by atoms with Gasteiger partial charge in [-0.2, -0.15) is 0 Å². The summed E-state index contributed by atoms with van der Waals surface area (Å²) in [7, 11) is 1.60. The predicted octanol–water partition coefficient (Wildman–Crippen LogP) is 5.61. The predicted molar refractivity (Wildman–Crippen MR) is 96.2 cm³/mol. The van der Waals surface area contributed by atoms with Gasteiger partial charge in [0.1, 0.15) is 23.9 Å². The highest BCUT2D eigenvalue weighted by atomic mass is 19.1. The van der Waals surface area contributed by atoms with Gasteiger partial charge in [0.05, 0.1) is 7.11 Å². The molecule has 0 N–H and O–H groups in total. The number of methoxy groups -OCH3 is 1. The van der Waals surface area contributed by atoms with E-state index in [0.717, 1.165) is 22.4 Å². The molecule has 0 aromatic heterocycles. The van der Waals surface area contributed by atoms with Gasteiger partial charge in [0.2, 0.25) is 0 Å². The third kappa shape index (κ3) is 3.25. The van der Waals surface area contributed by atoms with E-state index in [9.17, 15) is 4.39 Å². The Hall–Kier alpha value is -2.81. The van der Waals surface area contributed by atoms with Crippen LogP contribution in [0, 0.1) is 5.82 Å². The van der Waals surface area contributed by atoms with Gasteiger partial charge >= 0.3 is 0 Å². The summed E-state index contributed by atoms with van der Waals surface area (Å²) in [5.41, 5.74) is 1.40. The van der Waals surface area contributed by atoms with Crippen LogP contribution in [-0.2, 0) is 0 Å². The number of hydrogen-bond acceptors (Lipinski definition) is 2. The largest absolute Gasteiger partial charge is 0.497 e. The fourth-order valence-electron chi connectivity index (χ4n) is 2.59. The monoisotopic (exact) mass is 322 g/mol. The molecule has 0 fully saturated rings. The first kappa shape index (κ1) is 16.1. The van der Waals surface area contributed by atoms with Crippen LogP contribution in [0.15, 0.2) is 66.7 Å². The third-order valence-electron chi connectivity index (χ3n) is 3.91. The number of benzene rings is 3. The number of rotatable bonds is 5. The summed E-state index contributed by atoms with van der Waals surface area (Å²) in [6.07, 6.45) is 3.87. The van der Waals surface area contributed by atoms with Gasteiger partial charge in [-0.3, -0.25) is 0 Å². The Morgan fingerprint density at radius 2 is 1.71 bits per heavy atom. The molecule has 3 aromatic rings. The van der Waals surface area contributed by atoms with Gasteiger partial charge in [0.25, 0.3) is 0 Å². The molecule has 3 rings (SSSR count). The lowest BCUT2D eigenvalue weighted by atomic mass is 10.00. The Bertz CT molecular complexity index is 867. The number of halogens is 1. The molecule has 122 valence electrons. The first-order chi connectivity index (χ1) is 11.7. The van der Waals surface area contributed by atoms with Crippen LogP contribution in [0.5, 0.6) is 11.5 Å². The van der Waals surface area contributed by atoms with E-state index in [1.54, 1.807) is 25.3 Å². The highest BCUT2D eigenvalue weighted by Crippen LogP contribution is 2.31. The first-order valence-corrected chi connectivity index (χ1v) is 7.83. The molecule has 24 heavy (non-hydrogen) atoms. The lowest BCUT2D eigenvalue weighted by molar-refractivity contribution is 0.363. The van der Waals surface area contributed by atoms with Crippen molar-refractivity contribution >= 4 is 10.8 Å².